The van der Waals surface area contributed by atoms with E-state index in [1.54, 1.807) is 10.7 Å². The summed E-state index contributed by atoms with van der Waals surface area (Å²) in [6.07, 6.45) is 5.13. The predicted octanol–water partition coefficient (Wildman–Crippen LogP) is 4.78. The fraction of sp³-hybridized carbons (Fsp3) is 0.367. The number of hydrogen-bond acceptors (Lipinski definition) is 5. The summed E-state index contributed by atoms with van der Waals surface area (Å²) in [5.74, 6) is 0.491. The Labute approximate surface area is 221 Å². The predicted molar refractivity (Wildman–Crippen MR) is 145 cm³/mol. The Balaban J connectivity index is 1.27. The van der Waals surface area contributed by atoms with Crippen molar-refractivity contribution in [2.75, 3.05) is 20.2 Å². The minimum atomic E-state index is -0.814. The molecule has 0 radical (unpaired) electrons. The number of nitrogens with one attached hydrogen (secondary N) is 1. The summed E-state index contributed by atoms with van der Waals surface area (Å²) in [5.41, 5.74) is 4.75. The molecule has 2 aromatic carbocycles. The van der Waals surface area contributed by atoms with Gasteiger partial charge in [0.05, 0.1) is 22.9 Å². The average molecular weight is 514 g/mol. The molecule has 1 aliphatic heterocycles. The number of nitrogens with zero attached hydrogens (tertiary/aromatic N) is 4. The number of hydrogen-bond donors (Lipinski definition) is 1. The molecule has 3 heterocycles. The summed E-state index contributed by atoms with van der Waals surface area (Å²) in [6, 6.07) is 15.8. The first kappa shape index (κ1) is 24.6. The van der Waals surface area contributed by atoms with Crippen LogP contribution in [0.4, 0.5) is 4.39 Å². The number of fused-ring (bicyclic) bond motifs is 1. The molecule has 0 spiro atoms. The highest BCUT2D eigenvalue weighted by Crippen LogP contribution is 2.49. The molecule has 2 atom stereocenters. The van der Waals surface area contributed by atoms with Crippen LogP contribution < -0.4 is 10.1 Å². The number of rotatable bonds is 7. The van der Waals surface area contributed by atoms with Crippen molar-refractivity contribution >= 4 is 16.8 Å². The Morgan fingerprint density at radius 2 is 2.00 bits per heavy atom. The van der Waals surface area contributed by atoms with E-state index in [0.717, 1.165) is 46.1 Å². The number of ether oxygens (including phenoxy) is 1. The Morgan fingerprint density at radius 1 is 1.18 bits per heavy atom. The van der Waals surface area contributed by atoms with E-state index in [2.05, 4.69) is 22.5 Å². The number of pyridine rings is 1. The zero-order valence-electron chi connectivity index (χ0n) is 21.9. The Bertz CT molecular complexity index is 1510. The van der Waals surface area contributed by atoms with Gasteiger partial charge in [-0.2, -0.15) is 5.10 Å². The van der Waals surface area contributed by atoms with Crippen LogP contribution in [0.2, 0.25) is 0 Å². The highest BCUT2D eigenvalue weighted by atomic mass is 19.1. The van der Waals surface area contributed by atoms with Gasteiger partial charge in [0, 0.05) is 42.3 Å². The smallest absolute Gasteiger partial charge is 0.252 e. The molecule has 2 aliphatic rings. The molecule has 4 aromatic rings. The maximum Gasteiger partial charge on any atom is 0.252 e. The van der Waals surface area contributed by atoms with E-state index < -0.39 is 11.7 Å². The second-order valence-corrected chi connectivity index (χ2v) is 10.7. The standard InChI is InChI=1S/C30H32FN5O2/c1-19-8-9-23(38-18-22-12-21(31)17-35(22)2)13-25(19)29(37)34-30(10-11-30)26-14-28(20-15-32-36(3)16-20)33-27-7-5-4-6-24(26)27/h4-9,13-16,21-22H,10-12,17-18H2,1-3H3,(H,34,37)/t21-,22+/m1/s1. The van der Waals surface area contributed by atoms with Gasteiger partial charge in [0.15, 0.2) is 0 Å². The van der Waals surface area contributed by atoms with Gasteiger partial charge in [-0.05, 0) is 68.6 Å². The van der Waals surface area contributed by atoms with Gasteiger partial charge in [-0.3, -0.25) is 14.4 Å². The third-order valence-corrected chi connectivity index (χ3v) is 7.87. The van der Waals surface area contributed by atoms with E-state index in [0.29, 0.717) is 30.9 Å². The van der Waals surface area contributed by atoms with E-state index in [4.69, 9.17) is 9.72 Å². The van der Waals surface area contributed by atoms with Gasteiger partial charge in [0.25, 0.3) is 5.91 Å². The third kappa shape index (κ3) is 4.65. The summed E-state index contributed by atoms with van der Waals surface area (Å²) < 4.78 is 21.5. The fourth-order valence-corrected chi connectivity index (χ4v) is 5.48. The zero-order chi connectivity index (χ0) is 26.4. The number of benzene rings is 2. The number of halogens is 1. The van der Waals surface area contributed by atoms with Crippen LogP contribution in [0.15, 0.2) is 60.9 Å². The first-order valence-corrected chi connectivity index (χ1v) is 13.1. The largest absolute Gasteiger partial charge is 0.492 e. The summed E-state index contributed by atoms with van der Waals surface area (Å²) in [6.45, 7) is 2.76. The SMILES string of the molecule is Cc1ccc(OC[C@@H]2C[C@@H](F)CN2C)cc1C(=O)NC1(c2cc(-c3cnn(C)c3)nc3ccccc23)CC1. The molecule has 1 aliphatic carbocycles. The highest BCUT2D eigenvalue weighted by Gasteiger charge is 2.47. The van der Waals surface area contributed by atoms with Crippen LogP contribution >= 0.6 is 0 Å². The van der Waals surface area contributed by atoms with Crippen molar-refractivity contribution in [1.29, 1.82) is 0 Å². The number of alkyl halides is 1. The first-order valence-electron chi connectivity index (χ1n) is 13.1. The summed E-state index contributed by atoms with van der Waals surface area (Å²) >= 11 is 0. The summed E-state index contributed by atoms with van der Waals surface area (Å²) in [5, 5.41) is 8.70. The lowest BCUT2D eigenvalue weighted by atomic mass is 9.96. The molecular weight excluding hydrogens is 481 g/mol. The topological polar surface area (TPSA) is 72.3 Å². The third-order valence-electron chi connectivity index (χ3n) is 7.87. The molecule has 7 nitrogen and oxygen atoms in total. The van der Waals surface area contributed by atoms with Gasteiger partial charge in [0.1, 0.15) is 18.5 Å². The van der Waals surface area contributed by atoms with E-state index in [1.807, 2.05) is 68.6 Å². The Hall–Kier alpha value is -3.78. The molecular formula is C30H32FN5O2. The lowest BCUT2D eigenvalue weighted by Crippen LogP contribution is -2.35. The van der Waals surface area contributed by atoms with Crippen LogP contribution in [-0.4, -0.2) is 58.0 Å². The Morgan fingerprint density at radius 3 is 2.71 bits per heavy atom. The number of likely N-dealkylation sites (N-methyl/N-ethyl adjacent to an activating group) is 1. The van der Waals surface area contributed by atoms with Crippen LogP contribution in [0.5, 0.6) is 5.75 Å². The first-order chi connectivity index (χ1) is 18.3. The molecule has 8 heteroatoms. The van der Waals surface area contributed by atoms with Gasteiger partial charge in [-0.1, -0.05) is 24.3 Å². The number of para-hydroxylation sites is 1. The number of likely N-dealkylation sites (tertiary alicyclic amines) is 1. The van der Waals surface area contributed by atoms with E-state index in [9.17, 15) is 9.18 Å². The lowest BCUT2D eigenvalue weighted by Gasteiger charge is -2.22. The molecule has 2 fully saturated rings. The van der Waals surface area contributed by atoms with E-state index >= 15 is 0 Å². The lowest BCUT2D eigenvalue weighted by molar-refractivity contribution is 0.0930. The Kier molecular flexibility index (Phi) is 6.14. The van der Waals surface area contributed by atoms with Crippen LogP contribution in [0.1, 0.15) is 40.7 Å². The van der Waals surface area contributed by atoms with Crippen molar-refractivity contribution in [3.63, 3.8) is 0 Å². The average Bonchev–Trinajstić information content (AvgIpc) is 3.42. The van der Waals surface area contributed by atoms with Crippen molar-refractivity contribution in [2.45, 2.75) is 43.9 Å². The normalized spacial score (nSPS) is 20.5. The molecule has 196 valence electrons. The molecule has 1 saturated carbocycles. The minimum Gasteiger partial charge on any atom is -0.492 e. The van der Waals surface area contributed by atoms with Gasteiger partial charge in [-0.25, -0.2) is 9.37 Å². The van der Waals surface area contributed by atoms with E-state index in [1.165, 1.54) is 0 Å². The molecule has 38 heavy (non-hydrogen) atoms. The van der Waals surface area contributed by atoms with Crippen molar-refractivity contribution in [1.82, 2.24) is 25.0 Å². The monoisotopic (exact) mass is 513 g/mol. The van der Waals surface area contributed by atoms with Gasteiger partial charge in [0.2, 0.25) is 0 Å². The van der Waals surface area contributed by atoms with Gasteiger partial charge in [-0.15, -0.1) is 0 Å². The summed E-state index contributed by atoms with van der Waals surface area (Å²) in [4.78, 5) is 20.5. The number of carbonyl (C=O) groups is 1. The minimum absolute atomic E-state index is 0.0345. The van der Waals surface area contributed by atoms with Crippen molar-refractivity contribution in [2.24, 2.45) is 7.05 Å². The molecule has 0 bridgehead atoms. The number of carbonyl (C=O) groups excluding carboxylic acids is 1. The number of aryl methyl sites for hydroxylation is 2. The van der Waals surface area contributed by atoms with E-state index in [-0.39, 0.29) is 11.9 Å². The van der Waals surface area contributed by atoms with Crippen LogP contribution in [0.3, 0.4) is 0 Å². The zero-order valence-corrected chi connectivity index (χ0v) is 21.9. The maximum absolute atomic E-state index is 13.7. The molecule has 6 rings (SSSR count). The molecule has 1 saturated heterocycles. The number of aromatic nitrogens is 3. The molecule has 2 aromatic heterocycles. The van der Waals surface area contributed by atoms with Crippen molar-refractivity contribution < 1.29 is 13.9 Å². The molecule has 1 N–H and O–H groups in total. The van der Waals surface area contributed by atoms with Crippen LogP contribution in [0.25, 0.3) is 22.2 Å². The number of amides is 1. The molecule has 0 unspecified atom stereocenters. The second-order valence-electron chi connectivity index (χ2n) is 10.7. The van der Waals surface area contributed by atoms with Crippen LogP contribution in [-0.2, 0) is 12.6 Å². The fourth-order valence-electron chi connectivity index (χ4n) is 5.48. The summed E-state index contributed by atoms with van der Waals surface area (Å²) in [7, 11) is 3.80. The highest BCUT2D eigenvalue weighted by molar-refractivity contribution is 5.97. The van der Waals surface area contributed by atoms with Crippen LogP contribution in [0, 0.1) is 6.92 Å². The van der Waals surface area contributed by atoms with Gasteiger partial charge < -0.3 is 10.1 Å². The van der Waals surface area contributed by atoms with Gasteiger partial charge >= 0.3 is 0 Å². The van der Waals surface area contributed by atoms with Crippen molar-refractivity contribution in [3.05, 3.63) is 77.6 Å². The second kappa shape index (κ2) is 9.51. The quantitative estimate of drug-likeness (QED) is 0.385. The maximum atomic E-state index is 13.7. The van der Waals surface area contributed by atoms with Crippen molar-refractivity contribution in [3.8, 4) is 17.0 Å². The molecule has 1 amide bonds.